The number of carbonyl (C=O) groups excluding carboxylic acids is 1. The van der Waals surface area contributed by atoms with Crippen LogP contribution in [0.3, 0.4) is 0 Å². The van der Waals surface area contributed by atoms with Crippen molar-refractivity contribution in [3.63, 3.8) is 0 Å². The number of nitrogens with one attached hydrogen (secondary N) is 1. The van der Waals surface area contributed by atoms with Crippen LogP contribution in [-0.2, 0) is 4.79 Å². The fourth-order valence-electron chi connectivity index (χ4n) is 2.23. The monoisotopic (exact) mass is 323 g/mol. The number of carbonyl (C=O) groups is 1. The summed E-state index contributed by atoms with van der Waals surface area (Å²) in [7, 11) is 0. The zero-order valence-corrected chi connectivity index (χ0v) is 13.8. The summed E-state index contributed by atoms with van der Waals surface area (Å²) in [6, 6.07) is 17.3. The van der Waals surface area contributed by atoms with E-state index in [1.807, 2.05) is 68.4 Å². The molecule has 0 saturated heterocycles. The molecule has 0 aliphatic rings. The molecule has 0 saturated carbocycles. The van der Waals surface area contributed by atoms with Gasteiger partial charge in [-0.1, -0.05) is 48.2 Å². The van der Waals surface area contributed by atoms with E-state index in [-0.39, 0.29) is 11.2 Å². The average molecular weight is 323 g/mol. The first kappa shape index (κ1) is 15.5. The Morgan fingerprint density at radius 2 is 1.74 bits per heavy atom. The van der Waals surface area contributed by atoms with E-state index in [0.717, 1.165) is 21.6 Å². The summed E-state index contributed by atoms with van der Waals surface area (Å²) in [6.45, 7) is 3.75. The molecular formula is C18H17N3OS. The third-order valence-electron chi connectivity index (χ3n) is 3.38. The van der Waals surface area contributed by atoms with Gasteiger partial charge in [0.2, 0.25) is 5.91 Å². The maximum absolute atomic E-state index is 12.4. The SMILES string of the molecule is Cc1nc(S[C@@H](C)C(=O)Nc2ccccc2)c2ccccc2n1. The van der Waals surface area contributed by atoms with Gasteiger partial charge in [-0.3, -0.25) is 4.79 Å². The van der Waals surface area contributed by atoms with Gasteiger partial charge in [0.1, 0.15) is 10.9 Å². The lowest BCUT2D eigenvalue weighted by atomic mass is 10.2. The lowest BCUT2D eigenvalue weighted by Gasteiger charge is -2.13. The van der Waals surface area contributed by atoms with Crippen molar-refractivity contribution in [1.29, 1.82) is 0 Å². The molecule has 1 aromatic heterocycles. The minimum atomic E-state index is -0.257. The second kappa shape index (κ2) is 6.79. The molecule has 5 heteroatoms. The lowest BCUT2D eigenvalue weighted by molar-refractivity contribution is -0.115. The molecule has 116 valence electrons. The fraction of sp³-hybridized carbons (Fsp3) is 0.167. The van der Waals surface area contributed by atoms with E-state index in [1.165, 1.54) is 11.8 Å². The van der Waals surface area contributed by atoms with E-state index < -0.39 is 0 Å². The number of thioether (sulfide) groups is 1. The molecule has 0 unspecified atom stereocenters. The highest BCUT2D eigenvalue weighted by molar-refractivity contribution is 8.00. The Hall–Kier alpha value is -2.40. The highest BCUT2D eigenvalue weighted by Crippen LogP contribution is 2.29. The fourth-order valence-corrected chi connectivity index (χ4v) is 3.22. The third-order valence-corrected chi connectivity index (χ3v) is 4.48. The summed E-state index contributed by atoms with van der Waals surface area (Å²) in [4.78, 5) is 21.3. The van der Waals surface area contributed by atoms with E-state index in [9.17, 15) is 4.79 Å². The Bertz CT molecular complexity index is 836. The van der Waals surface area contributed by atoms with Gasteiger partial charge in [0.15, 0.2) is 0 Å². The minimum absolute atomic E-state index is 0.0402. The number of fused-ring (bicyclic) bond motifs is 1. The molecule has 0 fully saturated rings. The maximum atomic E-state index is 12.4. The van der Waals surface area contributed by atoms with Crippen LogP contribution in [0.4, 0.5) is 5.69 Å². The molecule has 3 rings (SSSR count). The molecule has 3 aromatic rings. The van der Waals surface area contributed by atoms with Crippen LogP contribution in [0.15, 0.2) is 59.6 Å². The molecule has 2 aromatic carbocycles. The van der Waals surface area contributed by atoms with Gasteiger partial charge in [-0.05, 0) is 32.0 Å². The number of aromatic nitrogens is 2. The van der Waals surface area contributed by atoms with Crippen LogP contribution in [0.2, 0.25) is 0 Å². The first-order valence-corrected chi connectivity index (χ1v) is 8.27. The van der Waals surface area contributed by atoms with Crippen LogP contribution in [0, 0.1) is 6.92 Å². The van der Waals surface area contributed by atoms with E-state index in [2.05, 4.69) is 15.3 Å². The van der Waals surface area contributed by atoms with E-state index in [1.54, 1.807) is 0 Å². The Kier molecular flexibility index (Phi) is 4.57. The predicted molar refractivity (Wildman–Crippen MR) is 94.7 cm³/mol. The van der Waals surface area contributed by atoms with Crippen LogP contribution in [0.25, 0.3) is 10.9 Å². The maximum Gasteiger partial charge on any atom is 0.237 e. The largest absolute Gasteiger partial charge is 0.325 e. The van der Waals surface area contributed by atoms with Gasteiger partial charge in [0, 0.05) is 11.1 Å². The lowest BCUT2D eigenvalue weighted by Crippen LogP contribution is -2.22. The van der Waals surface area contributed by atoms with E-state index >= 15 is 0 Å². The molecule has 23 heavy (non-hydrogen) atoms. The molecule has 1 atom stereocenters. The first-order chi connectivity index (χ1) is 11.1. The smallest absolute Gasteiger partial charge is 0.237 e. The number of aryl methyl sites for hydroxylation is 1. The Balaban J connectivity index is 1.80. The predicted octanol–water partition coefficient (Wildman–Crippen LogP) is 4.06. The standard InChI is InChI=1S/C18H17N3OS/c1-12(17(22)21-14-8-4-3-5-9-14)23-18-15-10-6-7-11-16(15)19-13(2)20-18/h3-12H,1-2H3,(H,21,22)/t12-/m0/s1. The van der Waals surface area contributed by atoms with Crippen molar-refractivity contribution < 1.29 is 4.79 Å². The molecule has 0 bridgehead atoms. The molecule has 0 aliphatic heterocycles. The van der Waals surface area contributed by atoms with Gasteiger partial charge < -0.3 is 5.32 Å². The number of benzene rings is 2. The zero-order valence-electron chi connectivity index (χ0n) is 13.0. The molecule has 1 N–H and O–H groups in total. The van der Waals surface area contributed by atoms with Crippen molar-refractivity contribution >= 4 is 34.3 Å². The second-order valence-electron chi connectivity index (χ2n) is 5.21. The highest BCUT2D eigenvalue weighted by Gasteiger charge is 2.17. The van der Waals surface area contributed by atoms with Crippen molar-refractivity contribution in [1.82, 2.24) is 9.97 Å². The van der Waals surface area contributed by atoms with Gasteiger partial charge in [-0.25, -0.2) is 9.97 Å². The van der Waals surface area contributed by atoms with Crippen LogP contribution in [-0.4, -0.2) is 21.1 Å². The van der Waals surface area contributed by atoms with Crippen molar-refractivity contribution in [3.8, 4) is 0 Å². The second-order valence-corrected chi connectivity index (χ2v) is 6.54. The van der Waals surface area contributed by atoms with Crippen molar-refractivity contribution in [2.45, 2.75) is 24.1 Å². The zero-order chi connectivity index (χ0) is 16.2. The number of anilines is 1. The van der Waals surface area contributed by atoms with Crippen molar-refractivity contribution in [3.05, 3.63) is 60.4 Å². The normalized spacial score (nSPS) is 12.1. The third kappa shape index (κ3) is 3.68. The number of amides is 1. The van der Waals surface area contributed by atoms with Gasteiger partial charge in [-0.15, -0.1) is 0 Å². The summed E-state index contributed by atoms with van der Waals surface area (Å²) >= 11 is 1.45. The molecule has 1 amide bonds. The van der Waals surface area contributed by atoms with E-state index in [4.69, 9.17) is 0 Å². The van der Waals surface area contributed by atoms with Gasteiger partial charge in [-0.2, -0.15) is 0 Å². The van der Waals surface area contributed by atoms with Gasteiger partial charge in [0.05, 0.1) is 10.8 Å². The van der Waals surface area contributed by atoms with Crippen LogP contribution in [0.1, 0.15) is 12.7 Å². The van der Waals surface area contributed by atoms with Crippen LogP contribution < -0.4 is 5.32 Å². The number of para-hydroxylation sites is 2. The summed E-state index contributed by atoms with van der Waals surface area (Å²) in [6.07, 6.45) is 0. The minimum Gasteiger partial charge on any atom is -0.325 e. The summed E-state index contributed by atoms with van der Waals surface area (Å²) in [5, 5.41) is 4.48. The molecule has 4 nitrogen and oxygen atoms in total. The summed E-state index contributed by atoms with van der Waals surface area (Å²) in [5.41, 5.74) is 1.70. The summed E-state index contributed by atoms with van der Waals surface area (Å²) in [5.74, 6) is 0.670. The quantitative estimate of drug-likeness (QED) is 0.581. The van der Waals surface area contributed by atoms with Crippen LogP contribution in [0.5, 0.6) is 0 Å². The first-order valence-electron chi connectivity index (χ1n) is 7.39. The van der Waals surface area contributed by atoms with Crippen molar-refractivity contribution in [2.24, 2.45) is 0 Å². The van der Waals surface area contributed by atoms with Gasteiger partial charge in [0.25, 0.3) is 0 Å². The number of nitrogens with zero attached hydrogens (tertiary/aromatic N) is 2. The Morgan fingerprint density at radius 3 is 2.52 bits per heavy atom. The van der Waals surface area contributed by atoms with Crippen molar-refractivity contribution in [2.75, 3.05) is 5.32 Å². The Morgan fingerprint density at radius 1 is 1.04 bits per heavy atom. The molecule has 0 aliphatic carbocycles. The molecule has 1 heterocycles. The molecular weight excluding hydrogens is 306 g/mol. The number of hydrogen-bond donors (Lipinski definition) is 1. The topological polar surface area (TPSA) is 54.9 Å². The highest BCUT2D eigenvalue weighted by atomic mass is 32.2. The average Bonchev–Trinajstić information content (AvgIpc) is 2.55. The summed E-state index contributed by atoms with van der Waals surface area (Å²) < 4.78 is 0. The molecule has 0 spiro atoms. The number of hydrogen-bond acceptors (Lipinski definition) is 4. The Labute approximate surface area is 139 Å². The van der Waals surface area contributed by atoms with Crippen LogP contribution >= 0.6 is 11.8 Å². The molecule has 0 radical (unpaired) electrons. The van der Waals surface area contributed by atoms with E-state index in [0.29, 0.717) is 5.82 Å². The van der Waals surface area contributed by atoms with Gasteiger partial charge >= 0.3 is 0 Å². The number of rotatable bonds is 4.